The molecule has 2 heterocycles. The van der Waals surface area contributed by atoms with Gasteiger partial charge in [0, 0.05) is 22.9 Å². The molecule has 0 bridgehead atoms. The van der Waals surface area contributed by atoms with Crippen LogP contribution in [0, 0.1) is 0 Å². The van der Waals surface area contributed by atoms with Crippen LogP contribution >= 0.6 is 11.3 Å². The third kappa shape index (κ3) is 3.06. The predicted octanol–water partition coefficient (Wildman–Crippen LogP) is 3.50. The largest absolute Gasteiger partial charge is 0.490 e. The van der Waals surface area contributed by atoms with Gasteiger partial charge in [0.1, 0.15) is 12.4 Å². The quantitative estimate of drug-likeness (QED) is 0.890. The number of ether oxygens (including phenoxy) is 1. The Morgan fingerprint density at radius 2 is 2.23 bits per heavy atom. The summed E-state index contributed by atoms with van der Waals surface area (Å²) in [6, 6.07) is 5.41. The number of nitrogens with zero attached hydrogens (tertiary/aromatic N) is 1. The van der Waals surface area contributed by atoms with E-state index in [2.05, 4.69) is 36.4 Å². The van der Waals surface area contributed by atoms with Crippen molar-refractivity contribution in [3.05, 3.63) is 34.8 Å². The molecular weight excluding hydrogens is 298 g/mol. The molecule has 0 saturated heterocycles. The van der Waals surface area contributed by atoms with E-state index in [4.69, 9.17) is 4.74 Å². The standard InChI is InChI=1S/C16H19N3O2S/c1-16(2,3)13-9-22-15(18-13)19-14(20)10-4-5-11-12(8-10)21-7-6-17-11/h4-5,8-9,17H,6-7H2,1-3H3,(H,18,19,20). The monoisotopic (exact) mass is 317 g/mol. The van der Waals surface area contributed by atoms with Crippen molar-refractivity contribution in [1.29, 1.82) is 0 Å². The SMILES string of the molecule is CC(C)(C)c1csc(NC(=O)c2ccc3c(c2)OCCN3)n1. The van der Waals surface area contributed by atoms with Crippen LogP contribution < -0.4 is 15.4 Å². The van der Waals surface area contributed by atoms with Gasteiger partial charge in [-0.2, -0.15) is 0 Å². The van der Waals surface area contributed by atoms with Crippen molar-refractivity contribution in [2.45, 2.75) is 26.2 Å². The molecule has 6 heteroatoms. The molecule has 2 N–H and O–H groups in total. The third-order valence-corrected chi connectivity index (χ3v) is 4.17. The second-order valence-electron chi connectivity index (χ2n) is 6.23. The number of carbonyl (C=O) groups excluding carboxylic acids is 1. The normalized spacial score (nSPS) is 13.8. The van der Waals surface area contributed by atoms with Gasteiger partial charge in [0.25, 0.3) is 5.91 Å². The first-order valence-corrected chi connectivity index (χ1v) is 8.09. The van der Waals surface area contributed by atoms with Crippen LogP contribution in [-0.2, 0) is 5.41 Å². The van der Waals surface area contributed by atoms with E-state index in [9.17, 15) is 4.79 Å². The van der Waals surface area contributed by atoms with E-state index in [-0.39, 0.29) is 11.3 Å². The number of hydrogen-bond acceptors (Lipinski definition) is 5. The van der Waals surface area contributed by atoms with E-state index >= 15 is 0 Å². The summed E-state index contributed by atoms with van der Waals surface area (Å²) in [4.78, 5) is 16.8. The number of rotatable bonds is 2. The van der Waals surface area contributed by atoms with Crippen LogP contribution in [0.3, 0.4) is 0 Å². The number of nitrogens with one attached hydrogen (secondary N) is 2. The molecule has 0 unspecified atom stereocenters. The van der Waals surface area contributed by atoms with E-state index in [1.54, 1.807) is 12.1 Å². The first-order chi connectivity index (χ1) is 10.4. The van der Waals surface area contributed by atoms with Crippen molar-refractivity contribution in [2.75, 3.05) is 23.8 Å². The summed E-state index contributed by atoms with van der Waals surface area (Å²) in [5, 5.41) is 8.68. The van der Waals surface area contributed by atoms with Crippen LogP contribution in [-0.4, -0.2) is 24.0 Å². The number of fused-ring (bicyclic) bond motifs is 1. The van der Waals surface area contributed by atoms with Crippen LogP contribution in [0.2, 0.25) is 0 Å². The van der Waals surface area contributed by atoms with E-state index in [0.717, 1.165) is 17.9 Å². The van der Waals surface area contributed by atoms with Crippen molar-refractivity contribution >= 4 is 28.1 Å². The number of benzene rings is 1. The highest BCUT2D eigenvalue weighted by atomic mass is 32.1. The van der Waals surface area contributed by atoms with E-state index in [0.29, 0.717) is 23.1 Å². The van der Waals surface area contributed by atoms with Crippen LogP contribution in [0.5, 0.6) is 5.75 Å². The van der Waals surface area contributed by atoms with Gasteiger partial charge in [-0.15, -0.1) is 11.3 Å². The Kier molecular flexibility index (Phi) is 3.78. The van der Waals surface area contributed by atoms with Crippen LogP contribution in [0.4, 0.5) is 10.8 Å². The first kappa shape index (κ1) is 14.8. The second kappa shape index (κ2) is 5.61. The zero-order valence-electron chi connectivity index (χ0n) is 12.9. The number of anilines is 2. The van der Waals surface area contributed by atoms with Gasteiger partial charge in [-0.3, -0.25) is 10.1 Å². The number of carbonyl (C=O) groups is 1. The van der Waals surface area contributed by atoms with Gasteiger partial charge in [0.2, 0.25) is 0 Å². The van der Waals surface area contributed by atoms with E-state index in [1.807, 2.05) is 11.4 Å². The Labute approximate surface area is 133 Å². The molecule has 1 amide bonds. The van der Waals surface area contributed by atoms with Crippen molar-refractivity contribution in [1.82, 2.24) is 4.98 Å². The van der Waals surface area contributed by atoms with Crippen molar-refractivity contribution in [3.63, 3.8) is 0 Å². The van der Waals surface area contributed by atoms with Crippen LogP contribution in [0.1, 0.15) is 36.8 Å². The number of amides is 1. The van der Waals surface area contributed by atoms with Crippen LogP contribution in [0.15, 0.2) is 23.6 Å². The maximum absolute atomic E-state index is 12.3. The lowest BCUT2D eigenvalue weighted by Gasteiger charge is -2.19. The summed E-state index contributed by atoms with van der Waals surface area (Å²) in [6.07, 6.45) is 0. The van der Waals surface area contributed by atoms with Gasteiger partial charge in [0.15, 0.2) is 5.13 Å². The Morgan fingerprint density at radius 1 is 1.41 bits per heavy atom. The topological polar surface area (TPSA) is 63.2 Å². The molecule has 0 fully saturated rings. The summed E-state index contributed by atoms with van der Waals surface area (Å²) >= 11 is 1.44. The minimum atomic E-state index is -0.174. The van der Waals surface area contributed by atoms with Gasteiger partial charge in [0.05, 0.1) is 11.4 Å². The lowest BCUT2D eigenvalue weighted by molar-refractivity contribution is 0.102. The molecule has 1 aromatic carbocycles. The maximum Gasteiger partial charge on any atom is 0.257 e. The zero-order chi connectivity index (χ0) is 15.7. The molecular formula is C16H19N3O2S. The number of thiazole rings is 1. The van der Waals surface area contributed by atoms with Gasteiger partial charge >= 0.3 is 0 Å². The first-order valence-electron chi connectivity index (χ1n) is 7.21. The zero-order valence-corrected chi connectivity index (χ0v) is 13.7. The molecule has 1 aliphatic heterocycles. The average Bonchev–Trinajstić information content (AvgIpc) is 2.95. The molecule has 22 heavy (non-hydrogen) atoms. The molecule has 0 radical (unpaired) electrons. The summed E-state index contributed by atoms with van der Waals surface area (Å²) in [7, 11) is 0. The highest BCUT2D eigenvalue weighted by Crippen LogP contribution is 2.29. The molecule has 116 valence electrons. The fourth-order valence-electron chi connectivity index (χ4n) is 2.12. The minimum absolute atomic E-state index is 0.0230. The van der Waals surface area contributed by atoms with Crippen LogP contribution in [0.25, 0.3) is 0 Å². The molecule has 0 aliphatic carbocycles. The summed E-state index contributed by atoms with van der Waals surface area (Å²) in [5.74, 6) is 0.542. The molecule has 0 saturated carbocycles. The molecule has 0 spiro atoms. The summed E-state index contributed by atoms with van der Waals surface area (Å²) in [5.41, 5.74) is 2.44. The van der Waals surface area contributed by atoms with E-state index in [1.165, 1.54) is 11.3 Å². The van der Waals surface area contributed by atoms with Gasteiger partial charge in [-0.1, -0.05) is 20.8 Å². The van der Waals surface area contributed by atoms with Gasteiger partial charge in [-0.05, 0) is 18.2 Å². The lowest BCUT2D eigenvalue weighted by Crippen LogP contribution is -2.19. The minimum Gasteiger partial charge on any atom is -0.490 e. The van der Waals surface area contributed by atoms with Gasteiger partial charge in [-0.25, -0.2) is 4.98 Å². The van der Waals surface area contributed by atoms with Crippen molar-refractivity contribution in [2.24, 2.45) is 0 Å². The summed E-state index contributed by atoms with van der Waals surface area (Å²) < 4.78 is 5.56. The van der Waals surface area contributed by atoms with Crippen molar-refractivity contribution < 1.29 is 9.53 Å². The van der Waals surface area contributed by atoms with Crippen molar-refractivity contribution in [3.8, 4) is 5.75 Å². The fraction of sp³-hybridized carbons (Fsp3) is 0.375. The highest BCUT2D eigenvalue weighted by Gasteiger charge is 2.19. The summed E-state index contributed by atoms with van der Waals surface area (Å²) in [6.45, 7) is 7.69. The fourth-order valence-corrected chi connectivity index (χ4v) is 3.05. The molecule has 1 aliphatic rings. The Bertz CT molecular complexity index is 704. The Hall–Kier alpha value is -2.08. The predicted molar refractivity (Wildman–Crippen MR) is 89.2 cm³/mol. The number of hydrogen-bond donors (Lipinski definition) is 2. The maximum atomic E-state index is 12.3. The average molecular weight is 317 g/mol. The van der Waals surface area contributed by atoms with E-state index < -0.39 is 0 Å². The molecule has 2 aromatic rings. The molecule has 3 rings (SSSR count). The third-order valence-electron chi connectivity index (χ3n) is 3.41. The smallest absolute Gasteiger partial charge is 0.257 e. The Morgan fingerprint density at radius 3 is 2.95 bits per heavy atom. The number of aromatic nitrogens is 1. The lowest BCUT2D eigenvalue weighted by atomic mass is 9.93. The van der Waals surface area contributed by atoms with Gasteiger partial charge < -0.3 is 10.1 Å². The molecule has 1 aromatic heterocycles. The second-order valence-corrected chi connectivity index (χ2v) is 7.09. The highest BCUT2D eigenvalue weighted by molar-refractivity contribution is 7.14. The Balaban J connectivity index is 1.76. The molecule has 5 nitrogen and oxygen atoms in total. The molecule has 0 atom stereocenters.